The summed E-state index contributed by atoms with van der Waals surface area (Å²) in [6.45, 7) is 7.29. The second-order valence-corrected chi connectivity index (χ2v) is 8.64. The normalized spacial score (nSPS) is 15.9. The quantitative estimate of drug-likeness (QED) is 0.400. The summed E-state index contributed by atoms with van der Waals surface area (Å²) in [5.41, 5.74) is 3.13. The standard InChI is InChI=1S/C26H38O/c1-4-5-12-18-25(2,23-14-8-6-9-15-23)19-13-20-26(3,21-22-27)24-16-10-7-11-17-24/h6-11,14-17,27H,4-5,12-13,18-22H2,1-3H3. The van der Waals surface area contributed by atoms with Gasteiger partial charge in [-0.2, -0.15) is 0 Å². The maximum absolute atomic E-state index is 9.64. The van der Waals surface area contributed by atoms with Gasteiger partial charge < -0.3 is 5.11 Å². The van der Waals surface area contributed by atoms with E-state index in [9.17, 15) is 5.11 Å². The van der Waals surface area contributed by atoms with E-state index in [0.29, 0.717) is 0 Å². The average Bonchev–Trinajstić information content (AvgIpc) is 2.70. The summed E-state index contributed by atoms with van der Waals surface area (Å²) in [6, 6.07) is 21.8. The fourth-order valence-electron chi connectivity index (χ4n) is 4.39. The lowest BCUT2D eigenvalue weighted by atomic mass is 9.70. The molecule has 0 fully saturated rings. The van der Waals surface area contributed by atoms with E-state index in [1.165, 1.54) is 49.7 Å². The van der Waals surface area contributed by atoms with E-state index in [0.717, 1.165) is 12.8 Å². The molecule has 148 valence electrons. The highest BCUT2D eigenvalue weighted by Gasteiger charge is 2.29. The second-order valence-electron chi connectivity index (χ2n) is 8.64. The van der Waals surface area contributed by atoms with Crippen molar-refractivity contribution < 1.29 is 5.11 Å². The smallest absolute Gasteiger partial charge is 0.0439 e. The van der Waals surface area contributed by atoms with Gasteiger partial charge in [-0.05, 0) is 47.6 Å². The van der Waals surface area contributed by atoms with Gasteiger partial charge in [0.1, 0.15) is 0 Å². The van der Waals surface area contributed by atoms with Crippen molar-refractivity contribution in [3.8, 4) is 0 Å². The molecule has 1 N–H and O–H groups in total. The Balaban J connectivity index is 2.09. The number of hydrogen-bond acceptors (Lipinski definition) is 1. The Morgan fingerprint density at radius 2 is 1.07 bits per heavy atom. The molecule has 2 aromatic rings. The van der Waals surface area contributed by atoms with Crippen LogP contribution in [0.15, 0.2) is 60.7 Å². The summed E-state index contributed by atoms with van der Waals surface area (Å²) in [5.74, 6) is 0. The van der Waals surface area contributed by atoms with Crippen molar-refractivity contribution in [1.82, 2.24) is 0 Å². The van der Waals surface area contributed by atoms with Crippen molar-refractivity contribution in [2.45, 2.75) is 83.0 Å². The first-order valence-corrected chi connectivity index (χ1v) is 10.8. The van der Waals surface area contributed by atoms with Gasteiger partial charge in [-0.15, -0.1) is 0 Å². The van der Waals surface area contributed by atoms with Crippen molar-refractivity contribution in [1.29, 1.82) is 0 Å². The van der Waals surface area contributed by atoms with Crippen molar-refractivity contribution >= 4 is 0 Å². The van der Waals surface area contributed by atoms with Crippen LogP contribution in [0.4, 0.5) is 0 Å². The maximum atomic E-state index is 9.64. The van der Waals surface area contributed by atoms with Crippen LogP contribution in [0.2, 0.25) is 0 Å². The van der Waals surface area contributed by atoms with Gasteiger partial charge >= 0.3 is 0 Å². The van der Waals surface area contributed by atoms with Crippen LogP contribution in [0.3, 0.4) is 0 Å². The Kier molecular flexibility index (Phi) is 8.57. The van der Waals surface area contributed by atoms with Crippen LogP contribution in [-0.4, -0.2) is 11.7 Å². The van der Waals surface area contributed by atoms with E-state index >= 15 is 0 Å². The molecule has 0 radical (unpaired) electrons. The van der Waals surface area contributed by atoms with Gasteiger partial charge in [0.25, 0.3) is 0 Å². The zero-order valence-electron chi connectivity index (χ0n) is 17.6. The van der Waals surface area contributed by atoms with Crippen molar-refractivity contribution in [3.63, 3.8) is 0 Å². The van der Waals surface area contributed by atoms with Crippen LogP contribution >= 0.6 is 0 Å². The van der Waals surface area contributed by atoms with E-state index in [1.54, 1.807) is 0 Å². The topological polar surface area (TPSA) is 20.2 Å². The molecular formula is C26H38O. The molecule has 0 aliphatic heterocycles. The monoisotopic (exact) mass is 366 g/mol. The van der Waals surface area contributed by atoms with Gasteiger partial charge in [0.2, 0.25) is 0 Å². The van der Waals surface area contributed by atoms with Crippen LogP contribution in [0.5, 0.6) is 0 Å². The minimum Gasteiger partial charge on any atom is -0.396 e. The molecule has 27 heavy (non-hydrogen) atoms. The molecule has 2 aromatic carbocycles. The summed E-state index contributed by atoms with van der Waals surface area (Å²) in [4.78, 5) is 0. The predicted molar refractivity (Wildman–Crippen MR) is 117 cm³/mol. The summed E-state index contributed by atoms with van der Waals surface area (Å²) >= 11 is 0. The van der Waals surface area contributed by atoms with Crippen LogP contribution in [0, 0.1) is 0 Å². The molecule has 2 rings (SSSR count). The van der Waals surface area contributed by atoms with Gasteiger partial charge in [-0.1, -0.05) is 107 Å². The van der Waals surface area contributed by atoms with Gasteiger partial charge in [0.15, 0.2) is 0 Å². The molecule has 0 aliphatic carbocycles. The number of hydrogen-bond donors (Lipinski definition) is 1. The van der Waals surface area contributed by atoms with E-state index in [1.807, 2.05) is 0 Å². The lowest BCUT2D eigenvalue weighted by molar-refractivity contribution is 0.231. The van der Waals surface area contributed by atoms with Gasteiger partial charge in [0.05, 0.1) is 0 Å². The van der Waals surface area contributed by atoms with E-state index in [4.69, 9.17) is 0 Å². The van der Waals surface area contributed by atoms with E-state index in [-0.39, 0.29) is 17.4 Å². The minimum atomic E-state index is 0.0526. The Bertz CT molecular complexity index is 636. The molecule has 0 saturated heterocycles. The molecule has 1 nitrogen and oxygen atoms in total. The summed E-state index contributed by atoms with van der Waals surface area (Å²) in [5, 5.41) is 9.64. The summed E-state index contributed by atoms with van der Waals surface area (Å²) in [6.07, 6.45) is 9.48. The lowest BCUT2D eigenvalue weighted by Gasteiger charge is -2.34. The van der Waals surface area contributed by atoms with Crippen molar-refractivity contribution in [3.05, 3.63) is 71.8 Å². The molecular weight excluding hydrogens is 328 g/mol. The Morgan fingerprint density at radius 1 is 0.630 bits per heavy atom. The highest BCUT2D eigenvalue weighted by atomic mass is 16.3. The minimum absolute atomic E-state index is 0.0526. The maximum Gasteiger partial charge on any atom is 0.0439 e. The number of rotatable bonds is 12. The molecule has 0 spiro atoms. The number of aliphatic hydroxyl groups excluding tert-OH is 1. The highest BCUT2D eigenvalue weighted by Crippen LogP contribution is 2.39. The Hall–Kier alpha value is -1.60. The van der Waals surface area contributed by atoms with Crippen LogP contribution in [0.25, 0.3) is 0 Å². The van der Waals surface area contributed by atoms with E-state index < -0.39 is 0 Å². The van der Waals surface area contributed by atoms with Crippen LogP contribution in [0.1, 0.15) is 83.3 Å². The first kappa shape index (κ1) is 21.7. The Morgan fingerprint density at radius 3 is 1.52 bits per heavy atom. The molecule has 0 aliphatic rings. The first-order valence-electron chi connectivity index (χ1n) is 10.8. The number of benzene rings is 2. The zero-order valence-corrected chi connectivity index (χ0v) is 17.6. The van der Waals surface area contributed by atoms with Gasteiger partial charge in [-0.3, -0.25) is 0 Å². The SMILES string of the molecule is CCCCCC(C)(CCCC(C)(CCO)c1ccccc1)c1ccccc1. The molecule has 0 aromatic heterocycles. The molecule has 0 amide bonds. The zero-order chi connectivity index (χ0) is 19.6. The summed E-state index contributed by atoms with van der Waals surface area (Å²) < 4.78 is 0. The number of unbranched alkanes of at least 4 members (excludes halogenated alkanes) is 2. The van der Waals surface area contributed by atoms with Gasteiger partial charge in [-0.25, -0.2) is 0 Å². The fraction of sp³-hybridized carbons (Fsp3) is 0.538. The molecule has 0 heterocycles. The molecule has 2 unspecified atom stereocenters. The van der Waals surface area contributed by atoms with Gasteiger partial charge in [0, 0.05) is 6.61 Å². The Labute approximate surface area is 166 Å². The van der Waals surface area contributed by atoms with Crippen LogP contribution in [-0.2, 0) is 10.8 Å². The predicted octanol–water partition coefficient (Wildman–Crippen LogP) is 7.04. The summed E-state index contributed by atoms with van der Waals surface area (Å²) in [7, 11) is 0. The third-order valence-electron chi connectivity index (χ3n) is 6.39. The largest absolute Gasteiger partial charge is 0.396 e. The fourth-order valence-corrected chi connectivity index (χ4v) is 4.39. The molecule has 1 heteroatoms. The number of aliphatic hydroxyl groups is 1. The highest BCUT2D eigenvalue weighted by molar-refractivity contribution is 5.26. The second kappa shape index (κ2) is 10.7. The van der Waals surface area contributed by atoms with Crippen molar-refractivity contribution in [2.24, 2.45) is 0 Å². The molecule has 0 saturated carbocycles. The lowest BCUT2D eigenvalue weighted by Crippen LogP contribution is -2.26. The molecule has 2 atom stereocenters. The van der Waals surface area contributed by atoms with Crippen LogP contribution < -0.4 is 0 Å². The first-order chi connectivity index (χ1) is 13.0. The third-order valence-corrected chi connectivity index (χ3v) is 6.39. The van der Waals surface area contributed by atoms with Crippen molar-refractivity contribution in [2.75, 3.05) is 6.61 Å². The van der Waals surface area contributed by atoms with E-state index in [2.05, 4.69) is 81.4 Å². The molecule has 0 bridgehead atoms. The third kappa shape index (κ3) is 6.21. The average molecular weight is 367 g/mol.